The van der Waals surface area contributed by atoms with Crippen LogP contribution in [-0.2, 0) is 24.3 Å². The second-order valence-electron chi connectivity index (χ2n) is 5.79. The van der Waals surface area contributed by atoms with E-state index >= 15 is 0 Å². The lowest BCUT2D eigenvalue weighted by atomic mass is 10.1. The highest BCUT2D eigenvalue weighted by molar-refractivity contribution is 6.31. The summed E-state index contributed by atoms with van der Waals surface area (Å²) < 4.78 is 0. The third-order valence-electron chi connectivity index (χ3n) is 4.36. The van der Waals surface area contributed by atoms with Gasteiger partial charge in [-0.15, -0.1) is 0 Å². The van der Waals surface area contributed by atoms with Gasteiger partial charge in [-0.05, 0) is 60.9 Å². The molecule has 4 rings (SSSR count). The predicted molar refractivity (Wildman–Crippen MR) is 89.7 cm³/mol. The maximum atomic E-state index is 9.61. The van der Waals surface area contributed by atoms with Gasteiger partial charge in [-0.3, -0.25) is 0 Å². The molecule has 2 aromatic rings. The molecular weight excluding hydrogens is 319 g/mol. The Morgan fingerprint density at radius 2 is 1.68 bits per heavy atom. The normalized spacial score (nSPS) is 21.8. The van der Waals surface area contributed by atoms with Gasteiger partial charge in [-0.2, -0.15) is 0 Å². The van der Waals surface area contributed by atoms with Crippen molar-refractivity contribution in [1.82, 2.24) is 0 Å². The Labute approximate surface area is 140 Å². The van der Waals surface area contributed by atoms with Crippen LogP contribution >= 0.6 is 23.2 Å². The second kappa shape index (κ2) is 6.11. The van der Waals surface area contributed by atoms with Gasteiger partial charge in [0, 0.05) is 10.6 Å². The highest BCUT2D eigenvalue weighted by atomic mass is 35.5. The number of fused-ring (bicyclic) bond motifs is 2. The molecule has 0 saturated carbocycles. The van der Waals surface area contributed by atoms with Crippen LogP contribution < -0.4 is 0 Å². The largest absolute Gasteiger partial charge is 0.508 e. The van der Waals surface area contributed by atoms with E-state index < -0.39 is 5.06 Å². The Hall–Kier alpha value is -1.22. The zero-order chi connectivity index (χ0) is 15.7. The summed E-state index contributed by atoms with van der Waals surface area (Å²) in [7, 11) is 0. The molecule has 4 heteroatoms. The molecular formula is C18H18Cl2O2. The average Bonchev–Trinajstić information content (AvgIpc) is 3.11. The lowest BCUT2D eigenvalue weighted by molar-refractivity contribution is 0.131. The molecule has 1 unspecified atom stereocenters. The molecule has 22 heavy (non-hydrogen) atoms. The second-order valence-corrected chi connectivity index (χ2v) is 6.83. The van der Waals surface area contributed by atoms with Gasteiger partial charge in [0.05, 0.1) is 0 Å². The standard InChI is InChI=1S/2C9H9ClO/c10-8-4-5-9(11)7-3-1-2-6(7)8;10-9(11)6-5-7-3-1-2-4-8(7)9/h4-5,11H,1-3H2;1-4,11H,5-6H2. The molecule has 0 radical (unpaired) electrons. The van der Waals surface area contributed by atoms with E-state index in [1.54, 1.807) is 12.1 Å². The van der Waals surface area contributed by atoms with Crippen LogP contribution in [0.25, 0.3) is 0 Å². The molecule has 2 N–H and O–H groups in total. The quantitative estimate of drug-likeness (QED) is 0.693. The number of hydrogen-bond acceptors (Lipinski definition) is 2. The first-order chi connectivity index (χ1) is 10.5. The van der Waals surface area contributed by atoms with Crippen molar-refractivity contribution in [3.63, 3.8) is 0 Å². The Morgan fingerprint density at radius 1 is 0.955 bits per heavy atom. The number of rotatable bonds is 0. The van der Waals surface area contributed by atoms with Gasteiger partial charge in [-0.1, -0.05) is 47.5 Å². The van der Waals surface area contributed by atoms with E-state index in [1.165, 1.54) is 5.56 Å². The minimum absolute atomic E-state index is 0.405. The number of halogens is 2. The van der Waals surface area contributed by atoms with E-state index in [2.05, 4.69) is 0 Å². The molecule has 1 atom stereocenters. The highest BCUT2D eigenvalue weighted by Crippen LogP contribution is 2.39. The Kier molecular flexibility index (Phi) is 4.35. The molecule has 0 spiro atoms. The summed E-state index contributed by atoms with van der Waals surface area (Å²) in [4.78, 5) is 0. The van der Waals surface area contributed by atoms with Crippen LogP contribution in [0.15, 0.2) is 36.4 Å². The molecule has 2 nitrogen and oxygen atoms in total. The van der Waals surface area contributed by atoms with Crippen LogP contribution in [0, 0.1) is 0 Å². The number of alkyl halides is 1. The fourth-order valence-electron chi connectivity index (χ4n) is 3.19. The Bertz CT molecular complexity index is 666. The van der Waals surface area contributed by atoms with Gasteiger partial charge in [0.2, 0.25) is 0 Å². The molecule has 0 saturated heterocycles. The van der Waals surface area contributed by atoms with Crippen molar-refractivity contribution >= 4 is 23.2 Å². The van der Waals surface area contributed by atoms with Crippen molar-refractivity contribution < 1.29 is 10.2 Å². The number of phenols is 1. The lowest BCUT2D eigenvalue weighted by Gasteiger charge is -2.13. The fourth-order valence-corrected chi connectivity index (χ4v) is 3.74. The zero-order valence-corrected chi connectivity index (χ0v) is 13.7. The molecule has 116 valence electrons. The summed E-state index contributed by atoms with van der Waals surface area (Å²) in [6.07, 6.45) is 4.63. The highest BCUT2D eigenvalue weighted by Gasteiger charge is 2.33. The average molecular weight is 337 g/mol. The Morgan fingerprint density at radius 3 is 2.41 bits per heavy atom. The van der Waals surface area contributed by atoms with Crippen molar-refractivity contribution in [2.24, 2.45) is 0 Å². The maximum Gasteiger partial charge on any atom is 0.164 e. The first kappa shape index (κ1) is 15.7. The number of phenolic OH excluding ortho intramolecular Hbond substituents is 1. The van der Waals surface area contributed by atoms with Crippen molar-refractivity contribution in [2.45, 2.75) is 37.2 Å². The SMILES string of the molecule is OC1(Cl)CCc2ccccc21.Oc1ccc(Cl)c2c1CCC2. The topological polar surface area (TPSA) is 40.5 Å². The van der Waals surface area contributed by atoms with Crippen LogP contribution in [0.5, 0.6) is 5.75 Å². The van der Waals surface area contributed by atoms with E-state index in [0.29, 0.717) is 12.2 Å². The summed E-state index contributed by atoms with van der Waals surface area (Å²) in [6.45, 7) is 0. The number of aryl methyl sites for hydroxylation is 1. The molecule has 0 amide bonds. The number of benzene rings is 2. The van der Waals surface area contributed by atoms with Gasteiger partial charge in [0.15, 0.2) is 5.06 Å². The zero-order valence-electron chi connectivity index (χ0n) is 12.1. The monoisotopic (exact) mass is 336 g/mol. The third kappa shape index (κ3) is 2.96. The van der Waals surface area contributed by atoms with E-state index in [0.717, 1.165) is 47.4 Å². The fraction of sp³-hybridized carbons (Fsp3) is 0.333. The molecule has 0 heterocycles. The van der Waals surface area contributed by atoms with Gasteiger partial charge in [0.1, 0.15) is 5.75 Å². The van der Waals surface area contributed by atoms with E-state index in [4.69, 9.17) is 23.2 Å². The van der Waals surface area contributed by atoms with Crippen LogP contribution in [-0.4, -0.2) is 10.2 Å². The van der Waals surface area contributed by atoms with Gasteiger partial charge < -0.3 is 10.2 Å². The van der Waals surface area contributed by atoms with Crippen molar-refractivity contribution in [3.05, 3.63) is 63.7 Å². The van der Waals surface area contributed by atoms with Crippen LogP contribution in [0.4, 0.5) is 0 Å². The third-order valence-corrected chi connectivity index (χ3v) is 5.11. The van der Waals surface area contributed by atoms with Gasteiger partial charge >= 0.3 is 0 Å². The molecule has 0 aromatic heterocycles. The van der Waals surface area contributed by atoms with Gasteiger partial charge in [-0.25, -0.2) is 0 Å². The summed E-state index contributed by atoms with van der Waals surface area (Å²) in [5.74, 6) is 0.405. The van der Waals surface area contributed by atoms with Gasteiger partial charge in [0.25, 0.3) is 0 Å². The molecule has 0 fully saturated rings. The maximum absolute atomic E-state index is 9.61. The molecule has 2 aliphatic carbocycles. The number of hydrogen-bond donors (Lipinski definition) is 2. The van der Waals surface area contributed by atoms with E-state index in [9.17, 15) is 10.2 Å². The summed E-state index contributed by atoms with van der Waals surface area (Å²) in [5.41, 5.74) is 4.25. The number of aromatic hydroxyl groups is 1. The summed E-state index contributed by atoms with van der Waals surface area (Å²) >= 11 is 11.8. The summed E-state index contributed by atoms with van der Waals surface area (Å²) in [5, 5.41) is 18.7. The first-order valence-electron chi connectivity index (χ1n) is 7.48. The van der Waals surface area contributed by atoms with Crippen LogP contribution in [0.1, 0.15) is 35.1 Å². The summed E-state index contributed by atoms with van der Waals surface area (Å²) in [6, 6.07) is 11.2. The Balaban J connectivity index is 0.000000131. The van der Waals surface area contributed by atoms with Crippen LogP contribution in [0.2, 0.25) is 5.02 Å². The van der Waals surface area contributed by atoms with E-state index in [1.807, 2.05) is 24.3 Å². The van der Waals surface area contributed by atoms with Crippen LogP contribution in [0.3, 0.4) is 0 Å². The predicted octanol–water partition coefficient (Wildman–Crippen LogP) is 4.55. The lowest BCUT2D eigenvalue weighted by Crippen LogP contribution is -2.12. The van der Waals surface area contributed by atoms with E-state index in [-0.39, 0.29) is 0 Å². The molecule has 2 aromatic carbocycles. The smallest absolute Gasteiger partial charge is 0.164 e. The number of aliphatic hydroxyl groups is 1. The minimum atomic E-state index is -1.10. The minimum Gasteiger partial charge on any atom is -0.508 e. The molecule has 0 aliphatic heterocycles. The first-order valence-corrected chi connectivity index (χ1v) is 8.23. The van der Waals surface area contributed by atoms with Crippen molar-refractivity contribution in [2.75, 3.05) is 0 Å². The van der Waals surface area contributed by atoms with Crippen molar-refractivity contribution in [3.8, 4) is 5.75 Å². The molecule has 0 bridgehead atoms. The molecule has 2 aliphatic rings. The van der Waals surface area contributed by atoms with Crippen molar-refractivity contribution in [1.29, 1.82) is 0 Å².